The van der Waals surface area contributed by atoms with Crippen LogP contribution in [0.1, 0.15) is 17.6 Å². The first kappa shape index (κ1) is 13.4. The Balaban J connectivity index is 2.47. The SMILES string of the molecule is COCC(C)NCc1nc(C(F)(F)F)cs1. The number of rotatable bonds is 5. The highest BCUT2D eigenvalue weighted by Gasteiger charge is 2.33. The minimum Gasteiger partial charge on any atom is -0.383 e. The topological polar surface area (TPSA) is 34.1 Å². The summed E-state index contributed by atoms with van der Waals surface area (Å²) in [4.78, 5) is 3.50. The summed E-state index contributed by atoms with van der Waals surface area (Å²) in [7, 11) is 1.57. The minimum absolute atomic E-state index is 0.0863. The first-order chi connectivity index (χ1) is 7.43. The molecule has 0 aromatic carbocycles. The molecule has 0 aliphatic rings. The lowest BCUT2D eigenvalue weighted by Crippen LogP contribution is -2.29. The van der Waals surface area contributed by atoms with E-state index in [0.29, 0.717) is 18.2 Å². The van der Waals surface area contributed by atoms with Crippen molar-refractivity contribution >= 4 is 11.3 Å². The van der Waals surface area contributed by atoms with E-state index in [2.05, 4.69) is 10.3 Å². The van der Waals surface area contributed by atoms with Crippen LogP contribution in [-0.2, 0) is 17.5 Å². The largest absolute Gasteiger partial charge is 0.434 e. The van der Waals surface area contributed by atoms with E-state index in [1.165, 1.54) is 0 Å². The predicted molar refractivity (Wildman–Crippen MR) is 55.3 cm³/mol. The van der Waals surface area contributed by atoms with Crippen molar-refractivity contribution in [2.45, 2.75) is 25.7 Å². The fourth-order valence-corrected chi connectivity index (χ4v) is 1.84. The molecule has 0 aliphatic carbocycles. The summed E-state index contributed by atoms with van der Waals surface area (Å²) < 4.78 is 41.6. The number of thiazole rings is 1. The molecule has 1 N–H and O–H groups in total. The summed E-state index contributed by atoms with van der Waals surface area (Å²) in [5.74, 6) is 0. The molecular weight excluding hydrogens is 241 g/mol. The molecule has 3 nitrogen and oxygen atoms in total. The van der Waals surface area contributed by atoms with Gasteiger partial charge in [-0.05, 0) is 6.92 Å². The molecule has 1 aromatic heterocycles. The molecule has 0 radical (unpaired) electrons. The van der Waals surface area contributed by atoms with E-state index in [-0.39, 0.29) is 6.04 Å². The van der Waals surface area contributed by atoms with Crippen LogP contribution >= 0.6 is 11.3 Å². The third-order valence-corrected chi connectivity index (χ3v) is 2.71. The minimum atomic E-state index is -4.35. The molecule has 92 valence electrons. The molecule has 0 bridgehead atoms. The zero-order valence-electron chi connectivity index (χ0n) is 8.97. The maximum Gasteiger partial charge on any atom is 0.434 e. The zero-order valence-corrected chi connectivity index (χ0v) is 9.78. The van der Waals surface area contributed by atoms with Gasteiger partial charge in [0.25, 0.3) is 0 Å². The number of hydrogen-bond acceptors (Lipinski definition) is 4. The molecule has 1 unspecified atom stereocenters. The van der Waals surface area contributed by atoms with Crippen LogP contribution in [0.4, 0.5) is 13.2 Å². The second-order valence-corrected chi connectivity index (χ2v) is 4.30. The van der Waals surface area contributed by atoms with Crippen molar-refractivity contribution in [1.29, 1.82) is 0 Å². The van der Waals surface area contributed by atoms with Gasteiger partial charge in [0.15, 0.2) is 5.69 Å². The fourth-order valence-electron chi connectivity index (χ4n) is 1.09. The van der Waals surface area contributed by atoms with Crippen LogP contribution in [0.5, 0.6) is 0 Å². The van der Waals surface area contributed by atoms with E-state index < -0.39 is 11.9 Å². The van der Waals surface area contributed by atoms with E-state index in [0.717, 1.165) is 16.7 Å². The van der Waals surface area contributed by atoms with Crippen LogP contribution < -0.4 is 5.32 Å². The van der Waals surface area contributed by atoms with Crippen molar-refractivity contribution in [1.82, 2.24) is 10.3 Å². The van der Waals surface area contributed by atoms with Crippen LogP contribution in [0.2, 0.25) is 0 Å². The number of nitrogens with one attached hydrogen (secondary N) is 1. The molecule has 1 heterocycles. The second-order valence-electron chi connectivity index (χ2n) is 3.36. The average Bonchev–Trinajstić information content (AvgIpc) is 2.63. The first-order valence-corrected chi connectivity index (χ1v) is 5.55. The van der Waals surface area contributed by atoms with Crippen LogP contribution in [0.15, 0.2) is 5.38 Å². The van der Waals surface area contributed by atoms with Crippen molar-refractivity contribution in [2.24, 2.45) is 0 Å². The van der Waals surface area contributed by atoms with E-state index in [4.69, 9.17) is 4.74 Å². The summed E-state index contributed by atoms with van der Waals surface area (Å²) in [5, 5.41) is 4.47. The Morgan fingerprint density at radius 2 is 2.25 bits per heavy atom. The van der Waals surface area contributed by atoms with Gasteiger partial charge >= 0.3 is 6.18 Å². The monoisotopic (exact) mass is 254 g/mol. The Hall–Kier alpha value is -0.660. The molecule has 7 heteroatoms. The lowest BCUT2D eigenvalue weighted by Gasteiger charge is -2.10. The Bertz CT molecular complexity index is 327. The smallest absolute Gasteiger partial charge is 0.383 e. The first-order valence-electron chi connectivity index (χ1n) is 4.67. The van der Waals surface area contributed by atoms with Crippen LogP contribution in [-0.4, -0.2) is 24.7 Å². The highest BCUT2D eigenvalue weighted by Crippen LogP contribution is 2.29. The molecule has 0 amide bonds. The van der Waals surface area contributed by atoms with Crippen LogP contribution in [0.25, 0.3) is 0 Å². The van der Waals surface area contributed by atoms with Crippen LogP contribution in [0.3, 0.4) is 0 Å². The number of hydrogen-bond donors (Lipinski definition) is 1. The summed E-state index contributed by atoms with van der Waals surface area (Å²) in [6, 6.07) is 0.0863. The van der Waals surface area contributed by atoms with Gasteiger partial charge in [0, 0.05) is 25.1 Å². The van der Waals surface area contributed by atoms with Gasteiger partial charge in [0.2, 0.25) is 0 Å². The molecule has 0 saturated heterocycles. The third-order valence-electron chi connectivity index (χ3n) is 1.86. The molecule has 1 atom stereocenters. The Labute approximate surface area is 95.6 Å². The molecule has 0 aliphatic heterocycles. The number of methoxy groups -OCH3 is 1. The van der Waals surface area contributed by atoms with Gasteiger partial charge < -0.3 is 10.1 Å². The van der Waals surface area contributed by atoms with E-state index in [1.807, 2.05) is 6.92 Å². The van der Waals surface area contributed by atoms with Crippen molar-refractivity contribution < 1.29 is 17.9 Å². The lowest BCUT2D eigenvalue weighted by molar-refractivity contribution is -0.140. The van der Waals surface area contributed by atoms with Gasteiger partial charge in [-0.1, -0.05) is 0 Å². The Morgan fingerprint density at radius 1 is 1.56 bits per heavy atom. The number of aromatic nitrogens is 1. The number of halogens is 3. The lowest BCUT2D eigenvalue weighted by atomic mass is 10.3. The van der Waals surface area contributed by atoms with Crippen molar-refractivity contribution in [3.8, 4) is 0 Å². The average molecular weight is 254 g/mol. The molecular formula is C9H13F3N2OS. The van der Waals surface area contributed by atoms with Gasteiger partial charge in [0.05, 0.1) is 6.61 Å². The second kappa shape index (κ2) is 5.60. The summed E-state index contributed by atoms with van der Waals surface area (Å²) in [6.45, 7) is 2.73. The Morgan fingerprint density at radius 3 is 2.75 bits per heavy atom. The van der Waals surface area contributed by atoms with E-state index >= 15 is 0 Å². The summed E-state index contributed by atoms with van der Waals surface area (Å²) >= 11 is 1.00. The van der Waals surface area contributed by atoms with Crippen molar-refractivity contribution in [3.63, 3.8) is 0 Å². The van der Waals surface area contributed by atoms with Gasteiger partial charge in [-0.25, -0.2) is 4.98 Å². The number of ether oxygens (including phenoxy) is 1. The molecule has 0 fully saturated rings. The highest BCUT2D eigenvalue weighted by atomic mass is 32.1. The van der Waals surface area contributed by atoms with Gasteiger partial charge in [-0.2, -0.15) is 13.2 Å². The third kappa shape index (κ3) is 4.07. The summed E-state index contributed by atoms with van der Waals surface area (Å²) in [6.07, 6.45) is -4.35. The molecule has 0 saturated carbocycles. The molecule has 16 heavy (non-hydrogen) atoms. The maximum absolute atomic E-state index is 12.2. The van der Waals surface area contributed by atoms with Crippen molar-refractivity contribution in [2.75, 3.05) is 13.7 Å². The van der Waals surface area contributed by atoms with Crippen molar-refractivity contribution in [3.05, 3.63) is 16.1 Å². The van der Waals surface area contributed by atoms with Gasteiger partial charge in [0.1, 0.15) is 5.01 Å². The van der Waals surface area contributed by atoms with E-state index in [1.54, 1.807) is 7.11 Å². The zero-order chi connectivity index (χ0) is 12.2. The van der Waals surface area contributed by atoms with E-state index in [9.17, 15) is 13.2 Å². The normalized spacial score (nSPS) is 14.1. The number of nitrogens with zero attached hydrogens (tertiary/aromatic N) is 1. The predicted octanol–water partition coefficient (Wildman–Crippen LogP) is 2.29. The molecule has 1 rings (SSSR count). The van der Waals surface area contributed by atoms with Gasteiger partial charge in [-0.15, -0.1) is 11.3 Å². The van der Waals surface area contributed by atoms with Gasteiger partial charge in [-0.3, -0.25) is 0 Å². The highest BCUT2D eigenvalue weighted by molar-refractivity contribution is 7.09. The quantitative estimate of drug-likeness (QED) is 0.875. The molecule has 1 aromatic rings. The van der Waals surface area contributed by atoms with Crippen LogP contribution in [0, 0.1) is 0 Å². The molecule has 0 spiro atoms. The number of alkyl halides is 3. The Kier molecular flexibility index (Phi) is 4.69. The fraction of sp³-hybridized carbons (Fsp3) is 0.667. The standard InChI is InChI=1S/C9H13F3N2OS/c1-6(4-15-2)13-3-8-14-7(5-16-8)9(10,11)12/h5-6,13H,3-4H2,1-2H3. The maximum atomic E-state index is 12.2. The summed E-state index contributed by atoms with van der Waals surface area (Å²) in [5.41, 5.74) is -0.825.